The second kappa shape index (κ2) is 10.1. The molecule has 1 saturated carbocycles. The lowest BCUT2D eigenvalue weighted by Crippen LogP contribution is -2.44. The number of halogens is 1. The van der Waals surface area contributed by atoms with Crippen LogP contribution >= 0.6 is 0 Å². The Balaban J connectivity index is 1.24. The van der Waals surface area contributed by atoms with Crippen molar-refractivity contribution in [3.8, 4) is 0 Å². The van der Waals surface area contributed by atoms with Crippen LogP contribution in [-0.4, -0.2) is 34.5 Å². The highest BCUT2D eigenvalue weighted by molar-refractivity contribution is 5.81. The summed E-state index contributed by atoms with van der Waals surface area (Å²) < 4.78 is 15.7. The normalized spacial score (nSPS) is 18.6. The quantitative estimate of drug-likeness (QED) is 0.543. The van der Waals surface area contributed by atoms with Crippen LogP contribution in [0.15, 0.2) is 54.6 Å². The Kier molecular flexibility index (Phi) is 6.77. The summed E-state index contributed by atoms with van der Waals surface area (Å²) in [7, 11) is 0. The summed E-state index contributed by atoms with van der Waals surface area (Å²) in [6, 6.07) is 17.9. The minimum Gasteiger partial charge on any atom is -0.353 e. The van der Waals surface area contributed by atoms with Crippen molar-refractivity contribution < 1.29 is 9.18 Å². The van der Waals surface area contributed by atoms with Gasteiger partial charge in [0.2, 0.25) is 5.91 Å². The van der Waals surface area contributed by atoms with E-state index in [2.05, 4.69) is 45.1 Å². The van der Waals surface area contributed by atoms with Crippen molar-refractivity contribution >= 4 is 16.8 Å². The molecule has 1 aliphatic carbocycles. The highest BCUT2D eigenvalue weighted by Crippen LogP contribution is 2.26. The van der Waals surface area contributed by atoms with Gasteiger partial charge in [-0.25, -0.2) is 4.39 Å². The largest absolute Gasteiger partial charge is 0.353 e. The Morgan fingerprint density at radius 1 is 0.909 bits per heavy atom. The first-order valence-corrected chi connectivity index (χ1v) is 12.5. The third kappa shape index (κ3) is 5.30. The molecule has 0 unspecified atom stereocenters. The number of aromatic nitrogens is 1. The third-order valence-electron chi connectivity index (χ3n) is 7.45. The molecule has 174 valence electrons. The molecule has 1 amide bonds. The molecular weight excluding hydrogens is 413 g/mol. The average molecular weight is 448 g/mol. The molecule has 1 aliphatic heterocycles. The number of para-hydroxylation sites is 1. The van der Waals surface area contributed by atoms with Crippen LogP contribution in [0.3, 0.4) is 0 Å². The molecule has 1 saturated heterocycles. The summed E-state index contributed by atoms with van der Waals surface area (Å²) in [5, 5.41) is 4.56. The lowest BCUT2D eigenvalue weighted by Gasteiger charge is -2.33. The number of likely N-dealkylation sites (tertiary alicyclic amines) is 1. The zero-order valence-corrected chi connectivity index (χ0v) is 19.3. The van der Waals surface area contributed by atoms with Gasteiger partial charge in [0.1, 0.15) is 5.82 Å². The molecular formula is C28H34FN3O. The predicted molar refractivity (Wildman–Crippen MR) is 130 cm³/mol. The fraction of sp³-hybridized carbons (Fsp3) is 0.464. The van der Waals surface area contributed by atoms with Gasteiger partial charge in [-0.15, -0.1) is 0 Å². The summed E-state index contributed by atoms with van der Waals surface area (Å²) in [6.45, 7) is 3.48. The van der Waals surface area contributed by atoms with E-state index < -0.39 is 0 Å². The predicted octanol–water partition coefficient (Wildman–Crippen LogP) is 5.49. The van der Waals surface area contributed by atoms with E-state index in [0.29, 0.717) is 6.04 Å². The number of carbonyl (C=O) groups is 1. The second-order valence-electron chi connectivity index (χ2n) is 9.80. The number of nitrogens with zero attached hydrogens (tertiary/aromatic N) is 2. The number of rotatable bonds is 6. The van der Waals surface area contributed by atoms with Crippen molar-refractivity contribution in [3.05, 3.63) is 71.7 Å². The molecule has 33 heavy (non-hydrogen) atoms. The van der Waals surface area contributed by atoms with Crippen molar-refractivity contribution in [2.75, 3.05) is 13.1 Å². The SMILES string of the molecule is O=C(NC1CCCCC1)C1CCN(Cc2cc3ccccc3n2Cc2ccc(F)cc2)CC1. The molecule has 2 heterocycles. The maximum Gasteiger partial charge on any atom is 0.223 e. The Bertz CT molecular complexity index is 1080. The lowest BCUT2D eigenvalue weighted by atomic mass is 9.92. The number of carbonyl (C=O) groups excluding carboxylic acids is 1. The van der Waals surface area contributed by atoms with E-state index >= 15 is 0 Å². The first-order valence-electron chi connectivity index (χ1n) is 12.5. The van der Waals surface area contributed by atoms with Crippen LogP contribution in [0.2, 0.25) is 0 Å². The summed E-state index contributed by atoms with van der Waals surface area (Å²) >= 11 is 0. The van der Waals surface area contributed by atoms with Crippen molar-refractivity contribution in [1.82, 2.24) is 14.8 Å². The van der Waals surface area contributed by atoms with Gasteiger partial charge in [0.25, 0.3) is 0 Å². The van der Waals surface area contributed by atoms with Crippen molar-refractivity contribution in [2.24, 2.45) is 5.92 Å². The standard InChI is InChI=1S/C28H34FN3O/c29-24-12-10-21(11-13-24)19-32-26(18-23-6-4-5-9-27(23)32)20-31-16-14-22(15-17-31)28(33)30-25-7-2-1-3-8-25/h4-6,9-13,18,22,25H,1-3,7-8,14-17,19-20H2,(H,30,33). The van der Waals surface area contributed by atoms with E-state index in [4.69, 9.17) is 0 Å². The summed E-state index contributed by atoms with van der Waals surface area (Å²) in [5.41, 5.74) is 3.57. The van der Waals surface area contributed by atoms with Crippen LogP contribution in [0.4, 0.5) is 4.39 Å². The molecule has 5 rings (SSSR count). The number of piperidine rings is 1. The summed E-state index contributed by atoms with van der Waals surface area (Å²) in [4.78, 5) is 15.2. The Labute approximate surface area is 195 Å². The molecule has 2 aromatic carbocycles. The second-order valence-corrected chi connectivity index (χ2v) is 9.80. The fourth-order valence-corrected chi connectivity index (χ4v) is 5.51. The number of hydrogen-bond acceptors (Lipinski definition) is 2. The van der Waals surface area contributed by atoms with Crippen LogP contribution in [0, 0.1) is 11.7 Å². The van der Waals surface area contributed by atoms with Gasteiger partial charge >= 0.3 is 0 Å². The van der Waals surface area contributed by atoms with Crippen LogP contribution in [0.1, 0.15) is 56.2 Å². The van der Waals surface area contributed by atoms with E-state index in [1.165, 1.54) is 48.0 Å². The highest BCUT2D eigenvalue weighted by atomic mass is 19.1. The first-order chi connectivity index (χ1) is 16.2. The molecule has 1 N–H and O–H groups in total. The van der Waals surface area contributed by atoms with E-state index in [-0.39, 0.29) is 17.6 Å². The molecule has 5 heteroatoms. The van der Waals surface area contributed by atoms with Crippen LogP contribution in [-0.2, 0) is 17.9 Å². The first kappa shape index (κ1) is 22.1. The van der Waals surface area contributed by atoms with E-state index in [1.54, 1.807) is 0 Å². The molecule has 2 aliphatic rings. The molecule has 1 aromatic heterocycles. The fourth-order valence-electron chi connectivity index (χ4n) is 5.51. The monoisotopic (exact) mass is 447 g/mol. The molecule has 0 atom stereocenters. The van der Waals surface area contributed by atoms with Crippen LogP contribution < -0.4 is 5.32 Å². The van der Waals surface area contributed by atoms with Crippen LogP contribution in [0.5, 0.6) is 0 Å². The lowest BCUT2D eigenvalue weighted by molar-refractivity contribution is -0.127. The Morgan fingerprint density at radius 2 is 1.64 bits per heavy atom. The van der Waals surface area contributed by atoms with Gasteiger partial charge in [0, 0.05) is 36.3 Å². The highest BCUT2D eigenvalue weighted by Gasteiger charge is 2.27. The molecule has 2 fully saturated rings. The number of nitrogens with one attached hydrogen (secondary N) is 1. The minimum atomic E-state index is -0.202. The number of benzene rings is 2. The van der Waals surface area contributed by atoms with E-state index in [0.717, 1.165) is 57.4 Å². The molecule has 4 nitrogen and oxygen atoms in total. The average Bonchev–Trinajstić information content (AvgIpc) is 3.18. The molecule has 3 aromatic rings. The van der Waals surface area contributed by atoms with Gasteiger partial charge in [0.05, 0.1) is 0 Å². The zero-order chi connectivity index (χ0) is 22.6. The van der Waals surface area contributed by atoms with Gasteiger partial charge in [0.15, 0.2) is 0 Å². The van der Waals surface area contributed by atoms with Gasteiger partial charge in [-0.2, -0.15) is 0 Å². The Morgan fingerprint density at radius 3 is 2.39 bits per heavy atom. The smallest absolute Gasteiger partial charge is 0.223 e. The maximum atomic E-state index is 13.4. The third-order valence-corrected chi connectivity index (χ3v) is 7.45. The topological polar surface area (TPSA) is 37.3 Å². The van der Waals surface area contributed by atoms with Crippen molar-refractivity contribution in [2.45, 2.75) is 64.1 Å². The van der Waals surface area contributed by atoms with E-state index in [9.17, 15) is 9.18 Å². The number of amides is 1. The van der Waals surface area contributed by atoms with Gasteiger partial charge < -0.3 is 9.88 Å². The van der Waals surface area contributed by atoms with Gasteiger partial charge in [-0.3, -0.25) is 9.69 Å². The zero-order valence-electron chi connectivity index (χ0n) is 19.3. The molecule has 0 radical (unpaired) electrons. The molecule has 0 bridgehead atoms. The number of hydrogen-bond donors (Lipinski definition) is 1. The van der Waals surface area contributed by atoms with Crippen LogP contribution in [0.25, 0.3) is 10.9 Å². The van der Waals surface area contributed by atoms with Gasteiger partial charge in [-0.1, -0.05) is 49.6 Å². The number of fused-ring (bicyclic) bond motifs is 1. The summed E-state index contributed by atoms with van der Waals surface area (Å²) in [5.74, 6) is 0.215. The summed E-state index contributed by atoms with van der Waals surface area (Å²) in [6.07, 6.45) is 7.94. The molecule has 0 spiro atoms. The van der Waals surface area contributed by atoms with Gasteiger partial charge in [-0.05, 0) is 74.0 Å². The van der Waals surface area contributed by atoms with Crippen molar-refractivity contribution in [1.29, 1.82) is 0 Å². The Hall–Kier alpha value is -2.66. The maximum absolute atomic E-state index is 13.4. The van der Waals surface area contributed by atoms with Crippen molar-refractivity contribution in [3.63, 3.8) is 0 Å². The minimum absolute atomic E-state index is 0.147. The van der Waals surface area contributed by atoms with E-state index in [1.807, 2.05) is 12.1 Å².